The van der Waals surface area contributed by atoms with E-state index in [-0.39, 0.29) is 0 Å². The quantitative estimate of drug-likeness (QED) is 0.625. The summed E-state index contributed by atoms with van der Waals surface area (Å²) in [5, 5.41) is 0. The summed E-state index contributed by atoms with van der Waals surface area (Å²) in [7, 11) is 0. The topological polar surface area (TPSA) is 9.72 Å². The average Bonchev–Trinajstić information content (AvgIpc) is 3.10. The van der Waals surface area contributed by atoms with Crippen molar-refractivity contribution < 1.29 is 0 Å². The smallest absolute Gasteiger partial charge is 0.0939 e. The lowest BCUT2D eigenvalue weighted by atomic mass is 10.3. The Morgan fingerprint density at radius 3 is 1.17 bits per heavy atom. The molecule has 0 atom stereocenters. The molecule has 0 radical (unpaired) electrons. The van der Waals surface area contributed by atoms with Gasteiger partial charge in [0.15, 0.2) is 0 Å². The van der Waals surface area contributed by atoms with Gasteiger partial charge in [-0.3, -0.25) is 4.90 Å². The molecule has 0 N–H and O–H groups in total. The second-order valence-corrected chi connectivity index (χ2v) is 4.74. The van der Waals surface area contributed by atoms with Gasteiger partial charge in [-0.15, -0.1) is 0 Å². The minimum atomic E-state index is 0.583. The lowest BCUT2D eigenvalue weighted by Crippen LogP contribution is -2.34. The Bertz CT molecular complexity index is 251. The van der Waals surface area contributed by atoms with Gasteiger partial charge in [0.2, 0.25) is 0 Å². The summed E-state index contributed by atoms with van der Waals surface area (Å²) >= 11 is 0. The zero-order chi connectivity index (χ0) is 13.7. The summed E-state index contributed by atoms with van der Waals surface area (Å²) in [4.78, 5) is 7.62. The number of likely N-dealkylation sites (N-methyl/N-ethyl adjacent to an activating group) is 3. The van der Waals surface area contributed by atoms with Crippen LogP contribution in [0.15, 0.2) is 11.4 Å². The molecule has 0 aliphatic heterocycles. The van der Waals surface area contributed by atoms with E-state index in [0.29, 0.717) is 6.04 Å². The van der Waals surface area contributed by atoms with Crippen LogP contribution in [0.3, 0.4) is 0 Å². The monoisotopic (exact) mass is 253 g/mol. The SMILES string of the molecule is CCN(CC)C1=C(N(CC)CC)C1N(CC)CC. The Morgan fingerprint density at radius 2 is 0.944 bits per heavy atom. The molecule has 1 aliphatic carbocycles. The highest BCUT2D eigenvalue weighted by Gasteiger charge is 2.45. The van der Waals surface area contributed by atoms with Crippen molar-refractivity contribution in [2.24, 2.45) is 0 Å². The molecule has 1 aliphatic rings. The first-order valence-electron chi connectivity index (χ1n) is 7.67. The Labute approximate surface area is 113 Å². The van der Waals surface area contributed by atoms with Gasteiger partial charge in [0.1, 0.15) is 0 Å². The van der Waals surface area contributed by atoms with Crippen LogP contribution in [-0.2, 0) is 0 Å². The zero-order valence-corrected chi connectivity index (χ0v) is 13.2. The van der Waals surface area contributed by atoms with Crippen LogP contribution >= 0.6 is 0 Å². The molecular weight excluding hydrogens is 222 g/mol. The van der Waals surface area contributed by atoms with Crippen LogP contribution in [-0.4, -0.2) is 60.0 Å². The third-order valence-corrected chi connectivity index (χ3v) is 4.08. The van der Waals surface area contributed by atoms with Crippen LogP contribution < -0.4 is 0 Å². The van der Waals surface area contributed by atoms with Gasteiger partial charge in [0.05, 0.1) is 17.4 Å². The van der Waals surface area contributed by atoms with Crippen molar-refractivity contribution >= 4 is 0 Å². The molecule has 0 aromatic carbocycles. The third-order valence-electron chi connectivity index (χ3n) is 4.08. The van der Waals surface area contributed by atoms with Gasteiger partial charge in [-0.1, -0.05) is 13.8 Å². The Hall–Kier alpha value is -0.700. The lowest BCUT2D eigenvalue weighted by Gasteiger charge is -2.25. The predicted molar refractivity (Wildman–Crippen MR) is 79.6 cm³/mol. The second-order valence-electron chi connectivity index (χ2n) is 4.74. The maximum Gasteiger partial charge on any atom is 0.0939 e. The molecule has 0 unspecified atom stereocenters. The van der Waals surface area contributed by atoms with Gasteiger partial charge in [-0.2, -0.15) is 0 Å². The van der Waals surface area contributed by atoms with Crippen LogP contribution in [0.1, 0.15) is 41.5 Å². The first-order chi connectivity index (χ1) is 8.69. The lowest BCUT2D eigenvalue weighted by molar-refractivity contribution is 0.253. The fraction of sp³-hybridized carbons (Fsp3) is 0.867. The normalized spacial score (nSPS) is 15.5. The van der Waals surface area contributed by atoms with Gasteiger partial charge in [-0.05, 0) is 40.8 Å². The van der Waals surface area contributed by atoms with Crippen molar-refractivity contribution in [1.82, 2.24) is 14.7 Å². The third kappa shape index (κ3) is 2.82. The molecule has 0 heterocycles. The molecule has 0 saturated heterocycles. The summed E-state index contributed by atoms with van der Waals surface area (Å²) in [6.07, 6.45) is 0. The largest absolute Gasteiger partial charge is 0.372 e. The molecule has 106 valence electrons. The van der Waals surface area contributed by atoms with Crippen molar-refractivity contribution in [3.05, 3.63) is 11.4 Å². The summed E-state index contributed by atoms with van der Waals surface area (Å²) in [6, 6.07) is 0.583. The zero-order valence-electron chi connectivity index (χ0n) is 13.2. The molecule has 0 bridgehead atoms. The number of hydrogen-bond acceptors (Lipinski definition) is 3. The van der Waals surface area contributed by atoms with Gasteiger partial charge in [0, 0.05) is 26.2 Å². The minimum absolute atomic E-state index is 0.583. The van der Waals surface area contributed by atoms with E-state index < -0.39 is 0 Å². The molecular formula is C15H31N3. The molecule has 18 heavy (non-hydrogen) atoms. The second kappa shape index (κ2) is 7.03. The fourth-order valence-corrected chi connectivity index (χ4v) is 2.92. The van der Waals surface area contributed by atoms with Crippen molar-refractivity contribution in [2.75, 3.05) is 39.3 Å². The highest BCUT2D eigenvalue weighted by Crippen LogP contribution is 2.41. The van der Waals surface area contributed by atoms with Crippen LogP contribution in [0.4, 0.5) is 0 Å². The molecule has 0 aromatic heterocycles. The molecule has 0 amide bonds. The Morgan fingerprint density at radius 1 is 0.611 bits per heavy atom. The number of hydrogen-bond donors (Lipinski definition) is 0. The van der Waals surface area contributed by atoms with Gasteiger partial charge in [-0.25, -0.2) is 0 Å². The van der Waals surface area contributed by atoms with Gasteiger partial charge < -0.3 is 9.80 Å². The fourth-order valence-electron chi connectivity index (χ4n) is 2.92. The maximum absolute atomic E-state index is 2.57. The summed E-state index contributed by atoms with van der Waals surface area (Å²) in [6.45, 7) is 20.3. The maximum atomic E-state index is 2.57. The van der Waals surface area contributed by atoms with Crippen LogP contribution in [0.2, 0.25) is 0 Å². The molecule has 0 spiro atoms. The van der Waals surface area contributed by atoms with E-state index >= 15 is 0 Å². The van der Waals surface area contributed by atoms with Crippen molar-refractivity contribution in [2.45, 2.75) is 47.6 Å². The minimum Gasteiger partial charge on any atom is -0.372 e. The first kappa shape index (κ1) is 15.4. The van der Waals surface area contributed by atoms with E-state index in [9.17, 15) is 0 Å². The van der Waals surface area contributed by atoms with Crippen molar-refractivity contribution in [1.29, 1.82) is 0 Å². The van der Waals surface area contributed by atoms with E-state index in [1.807, 2.05) is 0 Å². The highest BCUT2D eigenvalue weighted by molar-refractivity contribution is 5.44. The van der Waals surface area contributed by atoms with Gasteiger partial charge in [0.25, 0.3) is 0 Å². The molecule has 3 nitrogen and oxygen atoms in total. The Balaban J connectivity index is 2.89. The highest BCUT2D eigenvalue weighted by atomic mass is 15.3. The average molecular weight is 253 g/mol. The molecule has 0 aromatic rings. The standard InChI is InChI=1S/C15H31N3/c1-7-16(8-2)13-14(17(9-3)10-4)15(13)18(11-5)12-6/h13H,7-12H2,1-6H3. The molecule has 1 rings (SSSR count). The molecule has 0 fully saturated rings. The van der Waals surface area contributed by atoms with Crippen molar-refractivity contribution in [3.8, 4) is 0 Å². The van der Waals surface area contributed by atoms with Crippen LogP contribution in [0.25, 0.3) is 0 Å². The Kier molecular flexibility index (Phi) is 6.00. The molecule has 3 heteroatoms. The van der Waals surface area contributed by atoms with Gasteiger partial charge >= 0.3 is 0 Å². The number of rotatable bonds is 9. The van der Waals surface area contributed by atoms with E-state index in [1.165, 1.54) is 0 Å². The van der Waals surface area contributed by atoms with Crippen LogP contribution in [0.5, 0.6) is 0 Å². The summed E-state index contributed by atoms with van der Waals surface area (Å²) in [5.41, 5.74) is 3.15. The van der Waals surface area contributed by atoms with E-state index in [0.717, 1.165) is 39.3 Å². The summed E-state index contributed by atoms with van der Waals surface area (Å²) in [5.74, 6) is 0. The summed E-state index contributed by atoms with van der Waals surface area (Å²) < 4.78 is 0. The number of nitrogens with zero attached hydrogens (tertiary/aromatic N) is 3. The van der Waals surface area contributed by atoms with E-state index in [1.54, 1.807) is 11.4 Å². The van der Waals surface area contributed by atoms with E-state index in [2.05, 4.69) is 56.2 Å². The predicted octanol–water partition coefficient (Wildman–Crippen LogP) is 2.61. The van der Waals surface area contributed by atoms with Crippen molar-refractivity contribution in [3.63, 3.8) is 0 Å². The first-order valence-corrected chi connectivity index (χ1v) is 7.67. The van der Waals surface area contributed by atoms with Crippen LogP contribution in [0, 0.1) is 0 Å². The van der Waals surface area contributed by atoms with E-state index in [4.69, 9.17) is 0 Å². The molecule has 0 saturated carbocycles.